The number of carboxylic acid groups (broad SMARTS) is 1. The van der Waals surface area contributed by atoms with Crippen LogP contribution in [-0.2, 0) is 0 Å². The van der Waals surface area contributed by atoms with Crippen LogP contribution < -0.4 is 5.32 Å². The Morgan fingerprint density at radius 3 is 2.72 bits per heavy atom. The predicted octanol–water partition coefficient (Wildman–Crippen LogP) is 3.47. The van der Waals surface area contributed by atoms with E-state index in [0.717, 1.165) is 18.2 Å². The second-order valence-corrected chi connectivity index (χ2v) is 5.49. The summed E-state index contributed by atoms with van der Waals surface area (Å²) in [6.45, 7) is 0.975. The first-order chi connectivity index (χ1) is 8.75. The van der Waals surface area contributed by atoms with E-state index in [1.54, 1.807) is 12.1 Å². The Labute approximate surface area is 107 Å². The molecule has 0 radical (unpaired) electrons. The maximum absolute atomic E-state index is 11.0. The quantitative estimate of drug-likeness (QED) is 0.838. The molecule has 2 aliphatic rings. The molecule has 1 aromatic rings. The number of hydrogen-bond acceptors (Lipinski definition) is 2. The van der Waals surface area contributed by atoms with Crippen LogP contribution in [0, 0.1) is 5.92 Å². The SMILES string of the molecule is O=C(O)c1ccc2c(c1)NCC2C1CCCCC1. The van der Waals surface area contributed by atoms with Gasteiger partial charge in [-0.05, 0) is 36.5 Å². The summed E-state index contributed by atoms with van der Waals surface area (Å²) in [4.78, 5) is 11.0. The molecule has 1 aliphatic carbocycles. The van der Waals surface area contributed by atoms with Crippen molar-refractivity contribution < 1.29 is 9.90 Å². The van der Waals surface area contributed by atoms with Crippen molar-refractivity contribution in [1.82, 2.24) is 0 Å². The lowest BCUT2D eigenvalue weighted by molar-refractivity contribution is 0.0697. The first-order valence-electron chi connectivity index (χ1n) is 6.87. The fourth-order valence-electron chi connectivity index (χ4n) is 3.45. The smallest absolute Gasteiger partial charge is 0.335 e. The van der Waals surface area contributed by atoms with Gasteiger partial charge >= 0.3 is 5.97 Å². The number of aromatic carboxylic acids is 1. The van der Waals surface area contributed by atoms with Gasteiger partial charge in [-0.3, -0.25) is 0 Å². The molecular weight excluding hydrogens is 226 g/mol. The number of anilines is 1. The van der Waals surface area contributed by atoms with Crippen molar-refractivity contribution in [1.29, 1.82) is 0 Å². The van der Waals surface area contributed by atoms with Gasteiger partial charge in [0.1, 0.15) is 0 Å². The molecule has 1 unspecified atom stereocenters. The molecule has 1 heterocycles. The third-order valence-electron chi connectivity index (χ3n) is 4.43. The Morgan fingerprint density at radius 1 is 1.22 bits per heavy atom. The van der Waals surface area contributed by atoms with E-state index in [1.807, 2.05) is 6.07 Å². The first-order valence-corrected chi connectivity index (χ1v) is 6.87. The number of carbonyl (C=O) groups is 1. The Hall–Kier alpha value is -1.51. The summed E-state index contributed by atoms with van der Waals surface area (Å²) < 4.78 is 0. The molecule has 0 spiro atoms. The van der Waals surface area contributed by atoms with Gasteiger partial charge in [0.25, 0.3) is 0 Å². The standard InChI is InChI=1S/C15H19NO2/c17-15(18)11-6-7-12-13(9-16-14(12)8-11)10-4-2-1-3-5-10/h6-8,10,13,16H,1-5,9H2,(H,17,18). The summed E-state index contributed by atoms with van der Waals surface area (Å²) in [6.07, 6.45) is 6.73. The molecular formula is C15H19NO2. The van der Waals surface area contributed by atoms with Gasteiger partial charge in [-0.1, -0.05) is 25.3 Å². The minimum absolute atomic E-state index is 0.380. The molecule has 3 rings (SSSR count). The van der Waals surface area contributed by atoms with Gasteiger partial charge in [0.2, 0.25) is 0 Å². The van der Waals surface area contributed by atoms with E-state index in [1.165, 1.54) is 37.7 Å². The number of carboxylic acids is 1. The maximum Gasteiger partial charge on any atom is 0.335 e. The number of hydrogen-bond donors (Lipinski definition) is 2. The molecule has 96 valence electrons. The van der Waals surface area contributed by atoms with Crippen molar-refractivity contribution in [3.05, 3.63) is 29.3 Å². The lowest BCUT2D eigenvalue weighted by Crippen LogP contribution is -2.17. The van der Waals surface area contributed by atoms with Gasteiger partial charge in [-0.25, -0.2) is 4.79 Å². The Kier molecular flexibility index (Phi) is 2.98. The molecule has 1 aliphatic heterocycles. The van der Waals surface area contributed by atoms with Crippen LogP contribution in [0.2, 0.25) is 0 Å². The van der Waals surface area contributed by atoms with Crippen molar-refractivity contribution in [2.24, 2.45) is 5.92 Å². The van der Waals surface area contributed by atoms with Crippen LogP contribution in [0.25, 0.3) is 0 Å². The van der Waals surface area contributed by atoms with Gasteiger partial charge in [0, 0.05) is 18.2 Å². The third-order valence-corrected chi connectivity index (χ3v) is 4.43. The monoisotopic (exact) mass is 245 g/mol. The summed E-state index contributed by atoms with van der Waals surface area (Å²) in [6, 6.07) is 5.53. The van der Waals surface area contributed by atoms with E-state index < -0.39 is 5.97 Å². The van der Waals surface area contributed by atoms with Crippen LogP contribution in [0.3, 0.4) is 0 Å². The zero-order chi connectivity index (χ0) is 12.5. The first kappa shape index (κ1) is 11.6. The number of benzene rings is 1. The fourth-order valence-corrected chi connectivity index (χ4v) is 3.45. The zero-order valence-corrected chi connectivity index (χ0v) is 10.5. The van der Waals surface area contributed by atoms with Crippen LogP contribution in [0.5, 0.6) is 0 Å². The van der Waals surface area contributed by atoms with Crippen molar-refractivity contribution in [3.8, 4) is 0 Å². The van der Waals surface area contributed by atoms with Crippen molar-refractivity contribution in [3.63, 3.8) is 0 Å². The van der Waals surface area contributed by atoms with E-state index in [2.05, 4.69) is 5.32 Å². The summed E-state index contributed by atoms with van der Waals surface area (Å²) >= 11 is 0. The van der Waals surface area contributed by atoms with E-state index >= 15 is 0 Å². The van der Waals surface area contributed by atoms with Gasteiger partial charge in [-0.2, -0.15) is 0 Å². The molecule has 3 heteroatoms. The fraction of sp³-hybridized carbons (Fsp3) is 0.533. The molecule has 18 heavy (non-hydrogen) atoms. The average molecular weight is 245 g/mol. The second-order valence-electron chi connectivity index (χ2n) is 5.49. The van der Waals surface area contributed by atoms with E-state index in [9.17, 15) is 4.79 Å². The highest BCUT2D eigenvalue weighted by molar-refractivity contribution is 5.89. The molecule has 1 saturated carbocycles. The Balaban J connectivity index is 1.85. The van der Waals surface area contributed by atoms with Crippen molar-refractivity contribution in [2.75, 3.05) is 11.9 Å². The van der Waals surface area contributed by atoms with Gasteiger partial charge < -0.3 is 10.4 Å². The number of fused-ring (bicyclic) bond motifs is 1. The predicted molar refractivity (Wildman–Crippen MR) is 71.2 cm³/mol. The highest BCUT2D eigenvalue weighted by Crippen LogP contribution is 2.42. The lowest BCUT2D eigenvalue weighted by Gasteiger charge is -2.27. The van der Waals surface area contributed by atoms with Gasteiger partial charge in [0.05, 0.1) is 5.56 Å². The summed E-state index contributed by atoms with van der Waals surface area (Å²) in [5, 5.41) is 12.4. The van der Waals surface area contributed by atoms with E-state index in [0.29, 0.717) is 11.5 Å². The minimum Gasteiger partial charge on any atom is -0.478 e. The molecule has 1 fully saturated rings. The van der Waals surface area contributed by atoms with Crippen molar-refractivity contribution in [2.45, 2.75) is 38.0 Å². The average Bonchev–Trinajstić information content (AvgIpc) is 2.82. The van der Waals surface area contributed by atoms with Crippen molar-refractivity contribution >= 4 is 11.7 Å². The molecule has 2 N–H and O–H groups in total. The van der Waals surface area contributed by atoms with Crippen LogP contribution >= 0.6 is 0 Å². The normalized spacial score (nSPS) is 23.4. The van der Waals surface area contributed by atoms with Crippen LogP contribution in [0.15, 0.2) is 18.2 Å². The Bertz CT molecular complexity index is 464. The van der Waals surface area contributed by atoms with E-state index in [4.69, 9.17) is 5.11 Å². The highest BCUT2D eigenvalue weighted by atomic mass is 16.4. The van der Waals surface area contributed by atoms with Gasteiger partial charge in [0.15, 0.2) is 0 Å². The third kappa shape index (κ3) is 1.98. The summed E-state index contributed by atoms with van der Waals surface area (Å²) in [5.41, 5.74) is 2.74. The lowest BCUT2D eigenvalue weighted by atomic mass is 9.77. The van der Waals surface area contributed by atoms with Crippen LogP contribution in [0.4, 0.5) is 5.69 Å². The molecule has 0 bridgehead atoms. The Morgan fingerprint density at radius 2 is 2.00 bits per heavy atom. The zero-order valence-electron chi connectivity index (χ0n) is 10.5. The number of rotatable bonds is 2. The summed E-state index contributed by atoms with van der Waals surface area (Å²) in [7, 11) is 0. The maximum atomic E-state index is 11.0. The topological polar surface area (TPSA) is 49.3 Å². The van der Waals surface area contributed by atoms with Crippen LogP contribution in [0.1, 0.15) is 53.9 Å². The highest BCUT2D eigenvalue weighted by Gasteiger charge is 2.30. The van der Waals surface area contributed by atoms with Gasteiger partial charge in [-0.15, -0.1) is 0 Å². The minimum atomic E-state index is -0.847. The van der Waals surface area contributed by atoms with E-state index in [-0.39, 0.29) is 0 Å². The van der Waals surface area contributed by atoms with Crippen LogP contribution in [-0.4, -0.2) is 17.6 Å². The second kappa shape index (κ2) is 4.63. The largest absolute Gasteiger partial charge is 0.478 e. The molecule has 3 nitrogen and oxygen atoms in total. The molecule has 0 amide bonds. The molecule has 1 aromatic carbocycles. The molecule has 1 atom stereocenters. The summed E-state index contributed by atoms with van der Waals surface area (Å²) in [5.74, 6) is 0.520. The number of nitrogens with one attached hydrogen (secondary N) is 1. The molecule has 0 aromatic heterocycles. The molecule has 0 saturated heterocycles.